The van der Waals surface area contributed by atoms with Crippen molar-refractivity contribution in [1.29, 1.82) is 5.26 Å². The first kappa shape index (κ1) is 22.8. The largest absolute Gasteiger partial charge is 0.291 e. The molecule has 0 saturated heterocycles. The maximum atomic E-state index is 9.86. The second kappa shape index (κ2) is 10.5. The normalized spacial score (nSPS) is 11.0. The third kappa shape index (κ3) is 5.41. The van der Waals surface area contributed by atoms with Gasteiger partial charge < -0.3 is 0 Å². The van der Waals surface area contributed by atoms with Crippen LogP contribution < -0.4 is 0 Å². The average Bonchev–Trinajstić information content (AvgIpc) is 2.90. The summed E-state index contributed by atoms with van der Waals surface area (Å²) in [6.07, 6.45) is 3.71. The molecule has 0 fully saturated rings. The Morgan fingerprint density at radius 2 is 1.46 bits per heavy atom. The molecule has 170 valence electrons. The van der Waals surface area contributed by atoms with Crippen molar-refractivity contribution in [2.75, 3.05) is 0 Å². The van der Waals surface area contributed by atoms with E-state index in [1.807, 2.05) is 42.6 Å². The van der Waals surface area contributed by atoms with Gasteiger partial charge in [-0.2, -0.15) is 5.26 Å². The monoisotopic (exact) mass is 473 g/mol. The molecule has 0 aliphatic heterocycles. The highest BCUT2D eigenvalue weighted by Crippen LogP contribution is 2.32. The number of pyridine rings is 1. The lowest BCUT2D eigenvalue weighted by Gasteiger charge is -2.23. The molecule has 4 aromatic carbocycles. The maximum absolute atomic E-state index is 9.86. The van der Waals surface area contributed by atoms with E-state index in [1.54, 1.807) is 6.20 Å². The van der Waals surface area contributed by atoms with Gasteiger partial charge in [0, 0.05) is 42.6 Å². The van der Waals surface area contributed by atoms with Gasteiger partial charge in [-0.1, -0.05) is 78.3 Å². The van der Waals surface area contributed by atoms with Gasteiger partial charge in [-0.05, 0) is 63.4 Å². The molecule has 5 rings (SSSR count). The van der Waals surface area contributed by atoms with Crippen molar-refractivity contribution in [2.24, 2.45) is 0 Å². The van der Waals surface area contributed by atoms with Crippen LogP contribution in [0.5, 0.6) is 0 Å². The number of benzene rings is 4. The van der Waals surface area contributed by atoms with E-state index in [2.05, 4.69) is 76.6 Å². The summed E-state index contributed by atoms with van der Waals surface area (Å²) < 4.78 is 0. The van der Waals surface area contributed by atoms with E-state index in [9.17, 15) is 5.26 Å². The Bertz CT molecular complexity index is 1480. The molecule has 0 saturated carbocycles. The van der Waals surface area contributed by atoms with Crippen LogP contribution >= 0.6 is 11.6 Å². The summed E-state index contributed by atoms with van der Waals surface area (Å²) in [6, 6.07) is 35.2. The minimum atomic E-state index is 0.682. The van der Waals surface area contributed by atoms with Gasteiger partial charge in [0.1, 0.15) is 0 Å². The van der Waals surface area contributed by atoms with Crippen molar-refractivity contribution < 1.29 is 0 Å². The van der Waals surface area contributed by atoms with E-state index in [1.165, 1.54) is 10.9 Å². The lowest BCUT2D eigenvalue weighted by atomic mass is 9.93. The molecule has 0 bridgehead atoms. The molecular formula is C31H24ClN3. The number of nitrogens with zero attached hydrogens (tertiary/aromatic N) is 3. The molecule has 0 atom stereocenters. The van der Waals surface area contributed by atoms with Crippen LogP contribution in [0.3, 0.4) is 0 Å². The SMILES string of the molecule is N#Cc1ccc(CN(Cc2ccc(Cl)cc2)Cc2cccnc2)cc1-c1cccc2ccccc12. The maximum Gasteiger partial charge on any atom is 0.0998 e. The lowest BCUT2D eigenvalue weighted by Crippen LogP contribution is -2.22. The summed E-state index contributed by atoms with van der Waals surface area (Å²) >= 11 is 6.11. The van der Waals surface area contributed by atoms with Crippen LogP contribution in [-0.2, 0) is 19.6 Å². The Hall–Kier alpha value is -3.97. The Morgan fingerprint density at radius 3 is 2.26 bits per heavy atom. The summed E-state index contributed by atoms with van der Waals surface area (Å²) in [4.78, 5) is 6.67. The summed E-state index contributed by atoms with van der Waals surface area (Å²) in [5.74, 6) is 0. The first-order valence-corrected chi connectivity index (χ1v) is 11.9. The van der Waals surface area contributed by atoms with Crippen molar-refractivity contribution in [1.82, 2.24) is 9.88 Å². The number of halogens is 1. The fourth-order valence-corrected chi connectivity index (χ4v) is 4.62. The lowest BCUT2D eigenvalue weighted by molar-refractivity contribution is 0.247. The number of hydrogen-bond donors (Lipinski definition) is 0. The van der Waals surface area contributed by atoms with Crippen molar-refractivity contribution in [2.45, 2.75) is 19.6 Å². The predicted octanol–water partition coefficient (Wildman–Crippen LogP) is 7.63. The topological polar surface area (TPSA) is 39.9 Å². The zero-order valence-corrected chi connectivity index (χ0v) is 20.0. The van der Waals surface area contributed by atoms with Crippen LogP contribution in [0.15, 0.2) is 109 Å². The van der Waals surface area contributed by atoms with Crippen LogP contribution in [0, 0.1) is 11.3 Å². The predicted molar refractivity (Wildman–Crippen MR) is 143 cm³/mol. The highest BCUT2D eigenvalue weighted by Gasteiger charge is 2.13. The quantitative estimate of drug-likeness (QED) is 0.244. The molecule has 4 heteroatoms. The molecule has 0 aliphatic carbocycles. The summed E-state index contributed by atoms with van der Waals surface area (Å²) in [7, 11) is 0. The number of fused-ring (bicyclic) bond motifs is 1. The minimum Gasteiger partial charge on any atom is -0.291 e. The molecule has 0 aliphatic rings. The number of rotatable bonds is 7. The molecular weight excluding hydrogens is 450 g/mol. The summed E-state index contributed by atoms with van der Waals surface area (Å²) in [6.45, 7) is 2.27. The first-order valence-electron chi connectivity index (χ1n) is 11.6. The highest BCUT2D eigenvalue weighted by atomic mass is 35.5. The third-order valence-corrected chi connectivity index (χ3v) is 6.39. The fourth-order valence-electron chi connectivity index (χ4n) is 4.49. The fraction of sp³-hybridized carbons (Fsp3) is 0.0968. The third-order valence-electron chi connectivity index (χ3n) is 6.14. The summed E-state index contributed by atoms with van der Waals surface area (Å²) in [5, 5.41) is 12.9. The smallest absolute Gasteiger partial charge is 0.0998 e. The number of hydrogen-bond acceptors (Lipinski definition) is 3. The van der Waals surface area contributed by atoms with E-state index < -0.39 is 0 Å². The Kier molecular flexibility index (Phi) is 6.86. The van der Waals surface area contributed by atoms with Gasteiger partial charge in [-0.15, -0.1) is 0 Å². The first-order chi connectivity index (χ1) is 17.2. The van der Waals surface area contributed by atoms with Crippen molar-refractivity contribution in [3.8, 4) is 17.2 Å². The Morgan fingerprint density at radius 1 is 0.714 bits per heavy atom. The molecule has 0 radical (unpaired) electrons. The zero-order valence-electron chi connectivity index (χ0n) is 19.2. The molecule has 0 N–H and O–H groups in total. The second-order valence-corrected chi connectivity index (χ2v) is 9.09. The molecule has 0 spiro atoms. The highest BCUT2D eigenvalue weighted by molar-refractivity contribution is 6.30. The van der Waals surface area contributed by atoms with E-state index in [0.717, 1.165) is 52.3 Å². The van der Waals surface area contributed by atoms with Gasteiger partial charge in [-0.25, -0.2) is 0 Å². The number of nitriles is 1. The van der Waals surface area contributed by atoms with E-state index in [0.29, 0.717) is 5.56 Å². The van der Waals surface area contributed by atoms with Gasteiger partial charge in [0.25, 0.3) is 0 Å². The van der Waals surface area contributed by atoms with Crippen LogP contribution in [-0.4, -0.2) is 9.88 Å². The zero-order chi connectivity index (χ0) is 24.0. The van der Waals surface area contributed by atoms with Crippen LogP contribution in [0.2, 0.25) is 5.02 Å². The average molecular weight is 474 g/mol. The molecule has 35 heavy (non-hydrogen) atoms. The van der Waals surface area contributed by atoms with E-state index in [4.69, 9.17) is 11.6 Å². The molecule has 0 unspecified atom stereocenters. The Balaban J connectivity index is 1.50. The van der Waals surface area contributed by atoms with Gasteiger partial charge in [0.05, 0.1) is 11.6 Å². The van der Waals surface area contributed by atoms with Crippen molar-refractivity contribution in [3.05, 3.63) is 137 Å². The summed E-state index contributed by atoms with van der Waals surface area (Å²) in [5.41, 5.74) is 6.24. The van der Waals surface area contributed by atoms with Gasteiger partial charge in [0.2, 0.25) is 0 Å². The molecule has 3 nitrogen and oxygen atoms in total. The van der Waals surface area contributed by atoms with Crippen LogP contribution in [0.1, 0.15) is 22.3 Å². The molecule has 0 amide bonds. The number of aromatic nitrogens is 1. The Labute approximate surface area is 210 Å². The molecule has 1 heterocycles. The van der Waals surface area contributed by atoms with Crippen molar-refractivity contribution in [3.63, 3.8) is 0 Å². The van der Waals surface area contributed by atoms with E-state index in [-0.39, 0.29) is 0 Å². The van der Waals surface area contributed by atoms with Gasteiger partial charge in [0.15, 0.2) is 0 Å². The molecule has 1 aromatic heterocycles. The van der Waals surface area contributed by atoms with Gasteiger partial charge in [-0.3, -0.25) is 9.88 Å². The van der Waals surface area contributed by atoms with Crippen molar-refractivity contribution >= 4 is 22.4 Å². The van der Waals surface area contributed by atoms with Gasteiger partial charge >= 0.3 is 0 Å². The van der Waals surface area contributed by atoms with Crippen LogP contribution in [0.4, 0.5) is 0 Å². The second-order valence-electron chi connectivity index (χ2n) is 8.65. The molecule has 5 aromatic rings. The standard InChI is InChI=1S/C31H24ClN3/c32-28-14-11-23(12-15-28)20-35(22-25-5-4-16-34-19-25)21-24-10-13-27(18-33)31(17-24)30-9-3-7-26-6-1-2-8-29(26)30/h1-17,19H,20-22H2. The van der Waals surface area contributed by atoms with E-state index >= 15 is 0 Å². The van der Waals surface area contributed by atoms with Crippen LogP contribution in [0.25, 0.3) is 21.9 Å². The minimum absolute atomic E-state index is 0.682.